The Labute approximate surface area is 205 Å². The van der Waals surface area contributed by atoms with E-state index in [1.54, 1.807) is 30.3 Å². The lowest BCUT2D eigenvalue weighted by Gasteiger charge is -2.15. The SMILES string of the molecule is Cc1c(NC(=O)CNc2ccc(C(=O)NC(C)c3ccccc3)cc2)cccc1NC(=O)C1CC1. The fourth-order valence-corrected chi connectivity index (χ4v) is 3.71. The molecule has 0 spiro atoms. The van der Waals surface area contributed by atoms with Crippen LogP contribution in [0.3, 0.4) is 0 Å². The van der Waals surface area contributed by atoms with E-state index in [2.05, 4.69) is 21.3 Å². The Hall–Kier alpha value is -4.13. The molecule has 0 aliphatic heterocycles. The molecule has 7 nitrogen and oxygen atoms in total. The Balaban J connectivity index is 1.28. The first-order chi connectivity index (χ1) is 16.9. The number of hydrogen-bond donors (Lipinski definition) is 4. The van der Waals surface area contributed by atoms with Crippen molar-refractivity contribution in [3.05, 3.63) is 89.5 Å². The zero-order valence-corrected chi connectivity index (χ0v) is 19.9. The number of hydrogen-bond acceptors (Lipinski definition) is 4. The lowest BCUT2D eigenvalue weighted by molar-refractivity contribution is -0.117. The molecule has 3 aromatic rings. The predicted octanol–water partition coefficient (Wildman–Crippen LogP) is 4.89. The molecule has 0 radical (unpaired) electrons. The quantitative estimate of drug-likeness (QED) is 0.358. The second kappa shape index (κ2) is 10.9. The van der Waals surface area contributed by atoms with Crippen molar-refractivity contribution in [1.29, 1.82) is 0 Å². The summed E-state index contributed by atoms with van der Waals surface area (Å²) < 4.78 is 0. The predicted molar refractivity (Wildman–Crippen MR) is 138 cm³/mol. The fraction of sp³-hybridized carbons (Fsp3) is 0.250. The van der Waals surface area contributed by atoms with E-state index in [1.165, 1.54) is 0 Å². The number of carbonyl (C=O) groups is 3. The van der Waals surface area contributed by atoms with Gasteiger partial charge in [-0.1, -0.05) is 36.4 Å². The second-order valence-electron chi connectivity index (χ2n) is 8.83. The minimum Gasteiger partial charge on any atom is -0.376 e. The Morgan fingerprint density at radius 1 is 0.857 bits per heavy atom. The highest BCUT2D eigenvalue weighted by Crippen LogP contribution is 2.31. The summed E-state index contributed by atoms with van der Waals surface area (Å²) in [4.78, 5) is 37.1. The molecule has 1 atom stereocenters. The molecule has 180 valence electrons. The van der Waals surface area contributed by atoms with Gasteiger partial charge in [0, 0.05) is 28.5 Å². The van der Waals surface area contributed by atoms with Crippen LogP contribution in [0.25, 0.3) is 0 Å². The third-order valence-corrected chi connectivity index (χ3v) is 6.06. The van der Waals surface area contributed by atoms with Crippen LogP contribution >= 0.6 is 0 Å². The second-order valence-corrected chi connectivity index (χ2v) is 8.83. The van der Waals surface area contributed by atoms with Crippen molar-refractivity contribution in [2.24, 2.45) is 5.92 Å². The van der Waals surface area contributed by atoms with Crippen LogP contribution in [0.5, 0.6) is 0 Å². The summed E-state index contributed by atoms with van der Waals surface area (Å²) in [6.45, 7) is 3.88. The van der Waals surface area contributed by atoms with Crippen molar-refractivity contribution in [3.63, 3.8) is 0 Å². The molecule has 1 aliphatic carbocycles. The van der Waals surface area contributed by atoms with E-state index < -0.39 is 0 Å². The van der Waals surface area contributed by atoms with E-state index in [9.17, 15) is 14.4 Å². The van der Waals surface area contributed by atoms with Gasteiger partial charge in [-0.25, -0.2) is 0 Å². The van der Waals surface area contributed by atoms with E-state index in [4.69, 9.17) is 0 Å². The fourth-order valence-electron chi connectivity index (χ4n) is 3.71. The maximum atomic E-state index is 12.6. The summed E-state index contributed by atoms with van der Waals surface area (Å²) in [7, 11) is 0. The van der Waals surface area contributed by atoms with Gasteiger partial charge in [0.05, 0.1) is 12.6 Å². The van der Waals surface area contributed by atoms with Gasteiger partial charge in [-0.05, 0) is 74.2 Å². The summed E-state index contributed by atoms with van der Waals surface area (Å²) >= 11 is 0. The van der Waals surface area contributed by atoms with Crippen molar-refractivity contribution in [1.82, 2.24) is 5.32 Å². The van der Waals surface area contributed by atoms with Gasteiger partial charge >= 0.3 is 0 Å². The molecule has 0 bridgehead atoms. The molecule has 4 rings (SSSR count). The Kier molecular flexibility index (Phi) is 7.45. The summed E-state index contributed by atoms with van der Waals surface area (Å²) in [5.41, 5.74) is 4.50. The van der Waals surface area contributed by atoms with Crippen LogP contribution in [-0.2, 0) is 9.59 Å². The molecule has 1 unspecified atom stereocenters. The highest BCUT2D eigenvalue weighted by molar-refractivity contribution is 5.98. The normalized spacial score (nSPS) is 13.4. The van der Waals surface area contributed by atoms with Gasteiger partial charge in [-0.2, -0.15) is 0 Å². The van der Waals surface area contributed by atoms with Gasteiger partial charge in [0.2, 0.25) is 11.8 Å². The smallest absolute Gasteiger partial charge is 0.251 e. The lowest BCUT2D eigenvalue weighted by atomic mass is 10.1. The lowest BCUT2D eigenvalue weighted by Crippen LogP contribution is -2.26. The molecule has 7 heteroatoms. The van der Waals surface area contributed by atoms with Gasteiger partial charge < -0.3 is 21.3 Å². The van der Waals surface area contributed by atoms with Gasteiger partial charge in [0.15, 0.2) is 0 Å². The van der Waals surface area contributed by atoms with Crippen LogP contribution in [0.4, 0.5) is 17.1 Å². The largest absolute Gasteiger partial charge is 0.376 e. The molecule has 0 saturated heterocycles. The molecule has 1 fully saturated rings. The van der Waals surface area contributed by atoms with E-state index in [1.807, 2.05) is 56.3 Å². The first-order valence-electron chi connectivity index (χ1n) is 11.8. The van der Waals surface area contributed by atoms with E-state index in [0.29, 0.717) is 16.9 Å². The molecule has 1 saturated carbocycles. The molecule has 3 amide bonds. The molecule has 1 aliphatic rings. The Morgan fingerprint density at radius 2 is 1.51 bits per heavy atom. The van der Waals surface area contributed by atoms with Crippen molar-refractivity contribution in [3.8, 4) is 0 Å². The molecule has 35 heavy (non-hydrogen) atoms. The van der Waals surface area contributed by atoms with E-state index in [-0.39, 0.29) is 36.2 Å². The van der Waals surface area contributed by atoms with Gasteiger partial charge in [0.1, 0.15) is 0 Å². The first kappa shape index (κ1) is 24.0. The van der Waals surface area contributed by atoms with E-state index in [0.717, 1.165) is 29.7 Å². The molecular formula is C28H30N4O3. The highest BCUT2D eigenvalue weighted by atomic mass is 16.2. The van der Waals surface area contributed by atoms with Crippen molar-refractivity contribution in [2.45, 2.75) is 32.7 Å². The number of anilines is 3. The Bertz CT molecular complexity index is 1200. The highest BCUT2D eigenvalue weighted by Gasteiger charge is 2.29. The number of carbonyl (C=O) groups excluding carboxylic acids is 3. The van der Waals surface area contributed by atoms with Crippen molar-refractivity contribution >= 4 is 34.8 Å². The van der Waals surface area contributed by atoms with Crippen LogP contribution in [0.2, 0.25) is 0 Å². The van der Waals surface area contributed by atoms with Crippen LogP contribution < -0.4 is 21.3 Å². The molecular weight excluding hydrogens is 440 g/mol. The Morgan fingerprint density at radius 3 is 2.17 bits per heavy atom. The van der Waals surface area contributed by atoms with Crippen molar-refractivity contribution < 1.29 is 14.4 Å². The monoisotopic (exact) mass is 470 g/mol. The first-order valence-corrected chi connectivity index (χ1v) is 11.8. The summed E-state index contributed by atoms with van der Waals surface area (Å²) in [6.07, 6.45) is 1.87. The minimum absolute atomic E-state index is 0.0323. The molecule has 0 aromatic heterocycles. The molecule has 4 N–H and O–H groups in total. The average Bonchev–Trinajstić information content (AvgIpc) is 3.72. The zero-order valence-electron chi connectivity index (χ0n) is 19.9. The molecule has 0 heterocycles. The average molecular weight is 471 g/mol. The van der Waals surface area contributed by atoms with Crippen LogP contribution in [0.1, 0.15) is 47.3 Å². The third kappa shape index (κ3) is 6.47. The van der Waals surface area contributed by atoms with Gasteiger partial charge in [-0.15, -0.1) is 0 Å². The number of amides is 3. The van der Waals surface area contributed by atoms with Crippen LogP contribution in [0.15, 0.2) is 72.8 Å². The van der Waals surface area contributed by atoms with Crippen molar-refractivity contribution in [2.75, 3.05) is 22.5 Å². The van der Waals surface area contributed by atoms with Crippen LogP contribution in [-0.4, -0.2) is 24.3 Å². The number of nitrogens with one attached hydrogen (secondary N) is 4. The van der Waals surface area contributed by atoms with Crippen LogP contribution in [0, 0.1) is 12.8 Å². The number of rotatable bonds is 9. The van der Waals surface area contributed by atoms with Gasteiger partial charge in [0.25, 0.3) is 5.91 Å². The number of benzene rings is 3. The molecule has 3 aromatic carbocycles. The standard InChI is InChI=1S/C28H30N4O3/c1-18-24(9-6-10-25(18)32-28(35)21-11-12-21)31-26(33)17-29-23-15-13-22(14-16-23)27(34)30-19(2)20-7-4-3-5-8-20/h3-10,13-16,19,21,29H,11-12,17H2,1-2H3,(H,30,34)(H,31,33)(H,32,35). The summed E-state index contributed by atoms with van der Waals surface area (Å²) in [6, 6.07) is 22.1. The topological polar surface area (TPSA) is 99.3 Å². The maximum Gasteiger partial charge on any atom is 0.251 e. The van der Waals surface area contributed by atoms with E-state index >= 15 is 0 Å². The minimum atomic E-state index is -0.211. The zero-order chi connectivity index (χ0) is 24.8. The van der Waals surface area contributed by atoms with Gasteiger partial charge in [-0.3, -0.25) is 14.4 Å². The summed E-state index contributed by atoms with van der Waals surface area (Å²) in [5, 5.41) is 11.9. The maximum absolute atomic E-state index is 12.6. The summed E-state index contributed by atoms with van der Waals surface area (Å²) in [5.74, 6) is -0.224. The third-order valence-electron chi connectivity index (χ3n) is 6.06.